The Morgan fingerprint density at radius 3 is 0.671 bits per heavy atom. The second-order valence-corrected chi connectivity index (χ2v) is 22.0. The molecule has 0 saturated heterocycles. The highest BCUT2D eigenvalue weighted by Crippen LogP contribution is 2.27. The summed E-state index contributed by atoms with van der Waals surface area (Å²) < 4.78 is 0. The zero-order valence-corrected chi connectivity index (χ0v) is 48.9. The van der Waals surface area contributed by atoms with E-state index in [1.54, 1.807) is 11.1 Å². The summed E-state index contributed by atoms with van der Waals surface area (Å²) in [5, 5.41) is 14.8. The first-order valence-corrected chi connectivity index (χ1v) is 30.8. The molecule has 1 aromatic carbocycles. The standard InChI is InChI=1S/C60H116N2.2C2H4O2/c1-9-13-17-21-25-29-33-37-41-47-55(5)61(56(6)48-42-38-34-30-26-22-18-14-10-2)53-59-51-45-46-52-60(59)54-62(57(7)49-43-39-35-31-27-23-19-15-11-3)58(8)50-44-40-36-32-28-24-20-16-12-4;2*1-2(3)4/h45-46,51-52,55-58H,9-44,47-50,53-54H2,1-8H3;2*1H3,(H,3,4). The highest BCUT2D eigenvalue weighted by Gasteiger charge is 2.24. The molecule has 0 spiro atoms. The summed E-state index contributed by atoms with van der Waals surface area (Å²) in [5.74, 6) is -1.67. The van der Waals surface area contributed by atoms with Crippen LogP contribution in [0.3, 0.4) is 0 Å². The topological polar surface area (TPSA) is 81.1 Å². The number of carboxylic acid groups (broad SMARTS) is 2. The van der Waals surface area contributed by atoms with Crippen molar-refractivity contribution in [2.24, 2.45) is 0 Å². The van der Waals surface area contributed by atoms with E-state index in [9.17, 15) is 0 Å². The average molecular weight is 986 g/mol. The molecule has 0 radical (unpaired) electrons. The fourth-order valence-electron chi connectivity index (χ4n) is 10.4. The van der Waals surface area contributed by atoms with Gasteiger partial charge in [0.05, 0.1) is 0 Å². The largest absolute Gasteiger partial charge is 0.481 e. The Morgan fingerprint density at radius 2 is 0.500 bits per heavy atom. The lowest BCUT2D eigenvalue weighted by Crippen LogP contribution is -2.41. The molecule has 70 heavy (non-hydrogen) atoms. The van der Waals surface area contributed by atoms with Crippen molar-refractivity contribution in [2.75, 3.05) is 0 Å². The summed E-state index contributed by atoms with van der Waals surface area (Å²) in [6.07, 6.45) is 56.5. The fourth-order valence-corrected chi connectivity index (χ4v) is 10.4. The van der Waals surface area contributed by atoms with E-state index in [1.807, 2.05) is 0 Å². The molecule has 6 nitrogen and oxygen atoms in total. The van der Waals surface area contributed by atoms with Gasteiger partial charge in [-0.2, -0.15) is 0 Å². The van der Waals surface area contributed by atoms with Gasteiger partial charge in [-0.25, -0.2) is 0 Å². The Hall–Kier alpha value is -1.92. The van der Waals surface area contributed by atoms with Crippen LogP contribution >= 0.6 is 0 Å². The monoisotopic (exact) mass is 985 g/mol. The van der Waals surface area contributed by atoms with E-state index in [-0.39, 0.29) is 0 Å². The summed E-state index contributed by atoms with van der Waals surface area (Å²) in [6.45, 7) is 24.0. The maximum atomic E-state index is 9.00. The minimum atomic E-state index is -0.833. The van der Waals surface area contributed by atoms with Crippen molar-refractivity contribution in [3.8, 4) is 0 Å². The Labute approximate surface area is 438 Å². The highest BCUT2D eigenvalue weighted by molar-refractivity contribution is 5.63. The van der Waals surface area contributed by atoms with E-state index < -0.39 is 11.9 Å². The van der Waals surface area contributed by atoms with Gasteiger partial charge in [0.2, 0.25) is 0 Å². The van der Waals surface area contributed by atoms with Gasteiger partial charge in [0.25, 0.3) is 11.9 Å². The second kappa shape index (κ2) is 53.4. The molecule has 0 bridgehead atoms. The van der Waals surface area contributed by atoms with Crippen LogP contribution in [0.4, 0.5) is 0 Å². The maximum Gasteiger partial charge on any atom is 0.300 e. The van der Waals surface area contributed by atoms with Gasteiger partial charge in [0.15, 0.2) is 0 Å². The Balaban J connectivity index is 0. The molecule has 1 rings (SSSR count). The van der Waals surface area contributed by atoms with Gasteiger partial charge in [-0.1, -0.05) is 283 Å². The van der Waals surface area contributed by atoms with Gasteiger partial charge in [0, 0.05) is 51.1 Å². The number of unbranched alkanes of at least 4 members (excludes halogenated alkanes) is 32. The molecule has 4 unspecified atom stereocenters. The number of hydrogen-bond donors (Lipinski definition) is 2. The first-order chi connectivity index (χ1) is 33.9. The van der Waals surface area contributed by atoms with E-state index >= 15 is 0 Å². The minimum Gasteiger partial charge on any atom is -0.481 e. The first kappa shape index (κ1) is 70.2. The number of hydrogen-bond acceptors (Lipinski definition) is 4. The molecule has 0 heterocycles. The fraction of sp³-hybridized carbons (Fsp3) is 0.875. The summed E-state index contributed by atoms with van der Waals surface area (Å²) in [7, 11) is 0. The molecule has 4 atom stereocenters. The zero-order chi connectivity index (χ0) is 52.3. The number of aliphatic carboxylic acids is 2. The summed E-state index contributed by atoms with van der Waals surface area (Å²) >= 11 is 0. The van der Waals surface area contributed by atoms with Crippen LogP contribution in [0.25, 0.3) is 0 Å². The molecule has 414 valence electrons. The molecular weight excluding hydrogens is 861 g/mol. The van der Waals surface area contributed by atoms with Crippen LogP contribution in [0.2, 0.25) is 0 Å². The van der Waals surface area contributed by atoms with E-state index in [0.29, 0.717) is 24.2 Å². The molecule has 0 aliphatic carbocycles. The molecule has 0 aliphatic rings. The van der Waals surface area contributed by atoms with Crippen molar-refractivity contribution in [1.29, 1.82) is 0 Å². The first-order valence-electron chi connectivity index (χ1n) is 30.8. The third kappa shape index (κ3) is 47.1. The summed E-state index contributed by atoms with van der Waals surface area (Å²) in [6, 6.07) is 12.2. The van der Waals surface area contributed by atoms with Crippen molar-refractivity contribution in [1.82, 2.24) is 9.80 Å². The Bertz CT molecular complexity index is 1080. The molecule has 6 heteroatoms. The van der Waals surface area contributed by atoms with Gasteiger partial charge in [-0.3, -0.25) is 19.4 Å². The lowest BCUT2D eigenvalue weighted by Gasteiger charge is -2.38. The Morgan fingerprint density at radius 1 is 0.343 bits per heavy atom. The SMILES string of the molecule is CC(=O)O.CC(=O)O.CCCCCCCCCCCC(C)N(Cc1ccccc1CN(C(C)CCCCCCCCCCC)C(C)CCCCCCCCCCC)C(C)CCCCCCCCCCC. The average Bonchev–Trinajstić information content (AvgIpc) is 3.32. The highest BCUT2D eigenvalue weighted by atomic mass is 16.4. The molecule has 0 aliphatic heterocycles. The Kier molecular flexibility index (Phi) is 53.5. The summed E-state index contributed by atoms with van der Waals surface area (Å²) in [5.41, 5.74) is 3.20. The molecule has 0 amide bonds. The molecule has 0 saturated carbocycles. The summed E-state index contributed by atoms with van der Waals surface area (Å²) in [4.78, 5) is 23.9. The van der Waals surface area contributed by atoms with Crippen LogP contribution in [0.15, 0.2) is 24.3 Å². The molecular formula is C64H124N2O4. The quantitative estimate of drug-likeness (QED) is 0.0633. The van der Waals surface area contributed by atoms with Gasteiger partial charge in [0.1, 0.15) is 0 Å². The van der Waals surface area contributed by atoms with Crippen LogP contribution in [-0.4, -0.2) is 56.1 Å². The van der Waals surface area contributed by atoms with Crippen molar-refractivity contribution in [2.45, 2.75) is 363 Å². The van der Waals surface area contributed by atoms with Crippen molar-refractivity contribution in [3.05, 3.63) is 35.4 Å². The van der Waals surface area contributed by atoms with Crippen molar-refractivity contribution < 1.29 is 19.8 Å². The second-order valence-electron chi connectivity index (χ2n) is 22.0. The zero-order valence-electron chi connectivity index (χ0n) is 48.9. The third-order valence-corrected chi connectivity index (χ3v) is 15.0. The number of benzene rings is 1. The maximum absolute atomic E-state index is 9.00. The molecule has 0 aromatic heterocycles. The van der Waals surface area contributed by atoms with E-state index in [1.165, 1.54) is 257 Å². The van der Waals surface area contributed by atoms with Crippen molar-refractivity contribution >= 4 is 11.9 Å². The predicted molar refractivity (Wildman–Crippen MR) is 309 cm³/mol. The normalized spacial score (nSPS) is 13.1. The lowest BCUT2D eigenvalue weighted by atomic mass is 9.97. The van der Waals surface area contributed by atoms with Crippen LogP contribution in [0, 0.1) is 0 Å². The van der Waals surface area contributed by atoms with Gasteiger partial charge in [-0.05, 0) is 64.5 Å². The third-order valence-electron chi connectivity index (χ3n) is 15.0. The number of carboxylic acids is 2. The van der Waals surface area contributed by atoms with Gasteiger partial charge in [-0.15, -0.1) is 0 Å². The van der Waals surface area contributed by atoms with Crippen LogP contribution in [0.5, 0.6) is 0 Å². The van der Waals surface area contributed by atoms with E-state index in [4.69, 9.17) is 19.8 Å². The van der Waals surface area contributed by atoms with E-state index in [2.05, 4.69) is 89.5 Å². The van der Waals surface area contributed by atoms with Crippen LogP contribution in [-0.2, 0) is 22.7 Å². The van der Waals surface area contributed by atoms with Gasteiger partial charge >= 0.3 is 0 Å². The molecule has 2 N–H and O–H groups in total. The lowest BCUT2D eigenvalue weighted by molar-refractivity contribution is -0.135. The minimum absolute atomic E-state index is 0.633. The van der Waals surface area contributed by atoms with Gasteiger partial charge < -0.3 is 10.2 Å². The number of rotatable bonds is 48. The molecule has 1 aromatic rings. The smallest absolute Gasteiger partial charge is 0.300 e. The van der Waals surface area contributed by atoms with E-state index in [0.717, 1.165) is 26.9 Å². The predicted octanol–water partition coefficient (Wildman–Crippen LogP) is 20.7. The number of carbonyl (C=O) groups is 2. The number of nitrogens with zero attached hydrogens (tertiary/aromatic N) is 2. The molecule has 0 fully saturated rings. The van der Waals surface area contributed by atoms with Crippen LogP contribution in [0.1, 0.15) is 337 Å². The van der Waals surface area contributed by atoms with Crippen LogP contribution < -0.4 is 0 Å². The van der Waals surface area contributed by atoms with Crippen molar-refractivity contribution in [3.63, 3.8) is 0 Å².